The average Bonchev–Trinajstić information content (AvgIpc) is 2.41. The lowest BCUT2D eigenvalue weighted by Crippen LogP contribution is -2.57. The van der Waals surface area contributed by atoms with Crippen LogP contribution in [0.15, 0.2) is 4.90 Å². The molecule has 0 atom stereocenters. The van der Waals surface area contributed by atoms with E-state index in [1.54, 1.807) is 13.8 Å². The van der Waals surface area contributed by atoms with Gasteiger partial charge in [0.15, 0.2) is 0 Å². The van der Waals surface area contributed by atoms with Crippen molar-refractivity contribution in [1.82, 2.24) is 14.5 Å². The Morgan fingerprint density at radius 3 is 2.47 bits per heavy atom. The minimum absolute atomic E-state index is 0.0349. The molecule has 0 aromatic carbocycles. The van der Waals surface area contributed by atoms with Crippen LogP contribution in [0, 0.1) is 13.8 Å². The van der Waals surface area contributed by atoms with E-state index in [1.165, 1.54) is 4.31 Å². The third-order valence-electron chi connectivity index (χ3n) is 2.53. The van der Waals surface area contributed by atoms with E-state index in [-0.39, 0.29) is 10.9 Å². The van der Waals surface area contributed by atoms with Crippen molar-refractivity contribution in [1.29, 1.82) is 0 Å². The number of rotatable bonds is 2. The second kappa shape index (κ2) is 3.29. The van der Waals surface area contributed by atoms with Crippen LogP contribution in [0.1, 0.15) is 11.4 Å². The van der Waals surface area contributed by atoms with Crippen molar-refractivity contribution in [3.8, 4) is 0 Å². The number of nitrogens with one attached hydrogen (secondary N) is 1. The van der Waals surface area contributed by atoms with Gasteiger partial charge in [-0.25, -0.2) is 8.42 Å². The summed E-state index contributed by atoms with van der Waals surface area (Å²) >= 11 is 0. The van der Waals surface area contributed by atoms with E-state index < -0.39 is 10.0 Å². The maximum absolute atomic E-state index is 12.1. The number of H-pyrrole nitrogens is 1. The summed E-state index contributed by atoms with van der Waals surface area (Å²) in [5, 5.41) is 6.55. The minimum Gasteiger partial charge on any atom is -0.325 e. The monoisotopic (exact) mass is 230 g/mol. The first kappa shape index (κ1) is 10.6. The van der Waals surface area contributed by atoms with Crippen LogP contribution < -0.4 is 5.73 Å². The largest absolute Gasteiger partial charge is 0.325 e. The number of hydrogen-bond acceptors (Lipinski definition) is 4. The molecule has 7 heteroatoms. The van der Waals surface area contributed by atoms with Gasteiger partial charge in [-0.05, 0) is 13.8 Å². The Morgan fingerprint density at radius 1 is 1.47 bits per heavy atom. The van der Waals surface area contributed by atoms with Gasteiger partial charge >= 0.3 is 0 Å². The molecule has 0 amide bonds. The van der Waals surface area contributed by atoms with Gasteiger partial charge in [0.1, 0.15) is 4.90 Å². The summed E-state index contributed by atoms with van der Waals surface area (Å²) in [5.41, 5.74) is 6.65. The predicted molar refractivity (Wildman–Crippen MR) is 54.8 cm³/mol. The van der Waals surface area contributed by atoms with Crippen LogP contribution >= 0.6 is 0 Å². The summed E-state index contributed by atoms with van der Waals surface area (Å²) in [6.45, 7) is 4.17. The highest BCUT2D eigenvalue weighted by Crippen LogP contribution is 2.24. The van der Waals surface area contributed by atoms with Gasteiger partial charge in [0.25, 0.3) is 0 Å². The zero-order valence-corrected chi connectivity index (χ0v) is 9.50. The Hall–Kier alpha value is -0.920. The summed E-state index contributed by atoms with van der Waals surface area (Å²) < 4.78 is 25.5. The third-order valence-corrected chi connectivity index (χ3v) is 4.63. The number of aromatic amines is 1. The summed E-state index contributed by atoms with van der Waals surface area (Å²) in [6, 6.07) is -0.0349. The zero-order chi connectivity index (χ0) is 11.2. The van der Waals surface area contributed by atoms with Crippen LogP contribution in [-0.2, 0) is 10.0 Å². The second-order valence-corrected chi connectivity index (χ2v) is 5.72. The lowest BCUT2D eigenvalue weighted by molar-refractivity contribution is 0.265. The molecule has 84 valence electrons. The van der Waals surface area contributed by atoms with Crippen molar-refractivity contribution < 1.29 is 8.42 Å². The van der Waals surface area contributed by atoms with Crippen LogP contribution in [0.5, 0.6) is 0 Å². The molecule has 15 heavy (non-hydrogen) atoms. The summed E-state index contributed by atoms with van der Waals surface area (Å²) in [5.74, 6) is 0. The Balaban J connectivity index is 2.38. The van der Waals surface area contributed by atoms with Crippen LogP contribution in [0.25, 0.3) is 0 Å². The number of aromatic nitrogens is 2. The Labute approximate surface area is 88.5 Å². The van der Waals surface area contributed by atoms with Gasteiger partial charge in [-0.15, -0.1) is 0 Å². The molecular weight excluding hydrogens is 216 g/mol. The first-order chi connectivity index (χ1) is 6.93. The van der Waals surface area contributed by atoms with E-state index in [4.69, 9.17) is 5.73 Å². The van der Waals surface area contributed by atoms with Crippen LogP contribution in [0.2, 0.25) is 0 Å². The van der Waals surface area contributed by atoms with Crippen LogP contribution in [0.4, 0.5) is 0 Å². The smallest absolute Gasteiger partial charge is 0.246 e. The van der Waals surface area contributed by atoms with Crippen molar-refractivity contribution in [3.05, 3.63) is 11.4 Å². The fourth-order valence-electron chi connectivity index (χ4n) is 1.72. The van der Waals surface area contributed by atoms with Gasteiger partial charge in [-0.1, -0.05) is 0 Å². The summed E-state index contributed by atoms with van der Waals surface area (Å²) in [7, 11) is -3.39. The highest BCUT2D eigenvalue weighted by Gasteiger charge is 2.37. The number of nitrogens with zero attached hydrogens (tertiary/aromatic N) is 2. The summed E-state index contributed by atoms with van der Waals surface area (Å²) in [4.78, 5) is 0.286. The molecule has 0 unspecified atom stereocenters. The van der Waals surface area contributed by atoms with Crippen molar-refractivity contribution in [2.45, 2.75) is 24.8 Å². The molecule has 1 saturated heterocycles. The molecule has 0 saturated carbocycles. The van der Waals surface area contributed by atoms with Gasteiger partial charge in [0, 0.05) is 19.1 Å². The molecule has 1 aromatic heterocycles. The van der Waals surface area contributed by atoms with Gasteiger partial charge in [-0.3, -0.25) is 5.10 Å². The Kier molecular flexibility index (Phi) is 2.32. The van der Waals surface area contributed by atoms with Gasteiger partial charge < -0.3 is 5.73 Å². The normalized spacial score (nSPS) is 19.1. The quantitative estimate of drug-likeness (QED) is 0.706. The minimum atomic E-state index is -3.39. The van der Waals surface area contributed by atoms with E-state index >= 15 is 0 Å². The number of aryl methyl sites for hydroxylation is 2. The van der Waals surface area contributed by atoms with E-state index in [1.807, 2.05) is 0 Å². The van der Waals surface area contributed by atoms with Crippen molar-refractivity contribution in [2.24, 2.45) is 5.73 Å². The van der Waals surface area contributed by atoms with Crippen molar-refractivity contribution >= 4 is 10.0 Å². The molecule has 3 N–H and O–H groups in total. The maximum Gasteiger partial charge on any atom is 0.246 e. The summed E-state index contributed by atoms with van der Waals surface area (Å²) in [6.07, 6.45) is 0. The number of hydrogen-bond donors (Lipinski definition) is 2. The lowest BCUT2D eigenvalue weighted by atomic mass is 10.2. The number of sulfonamides is 1. The van der Waals surface area contributed by atoms with Crippen molar-refractivity contribution in [2.75, 3.05) is 13.1 Å². The lowest BCUT2D eigenvalue weighted by Gasteiger charge is -2.35. The fraction of sp³-hybridized carbons (Fsp3) is 0.625. The molecule has 1 aliphatic heterocycles. The predicted octanol–water partition coefficient (Wildman–Crippen LogP) is -0.642. The van der Waals surface area contributed by atoms with Crippen LogP contribution in [0.3, 0.4) is 0 Å². The first-order valence-corrected chi connectivity index (χ1v) is 6.14. The maximum atomic E-state index is 12.1. The molecule has 1 aromatic rings. The highest BCUT2D eigenvalue weighted by molar-refractivity contribution is 7.89. The first-order valence-electron chi connectivity index (χ1n) is 4.70. The third kappa shape index (κ3) is 1.56. The molecule has 0 spiro atoms. The number of nitrogens with two attached hydrogens (primary N) is 1. The van der Waals surface area contributed by atoms with Gasteiger partial charge in [0.2, 0.25) is 10.0 Å². The highest BCUT2D eigenvalue weighted by atomic mass is 32.2. The molecule has 1 aliphatic rings. The van der Waals surface area contributed by atoms with E-state index in [0.717, 1.165) is 0 Å². The van der Waals surface area contributed by atoms with E-state index in [0.29, 0.717) is 24.5 Å². The molecule has 2 heterocycles. The molecule has 2 rings (SSSR count). The molecule has 0 aliphatic carbocycles. The molecule has 0 bridgehead atoms. The van der Waals surface area contributed by atoms with Crippen molar-refractivity contribution in [3.63, 3.8) is 0 Å². The Morgan fingerprint density at radius 2 is 2.07 bits per heavy atom. The molecule has 6 nitrogen and oxygen atoms in total. The topological polar surface area (TPSA) is 92.1 Å². The molecule has 0 radical (unpaired) electrons. The van der Waals surface area contributed by atoms with E-state index in [9.17, 15) is 8.42 Å². The fourth-order valence-corrected chi connectivity index (χ4v) is 3.60. The average molecular weight is 230 g/mol. The second-order valence-electron chi connectivity index (χ2n) is 3.85. The SMILES string of the molecule is Cc1n[nH]c(C)c1S(=O)(=O)N1CC(N)C1. The van der Waals surface area contributed by atoms with Crippen LogP contribution in [-0.4, -0.2) is 42.1 Å². The Bertz CT molecular complexity index is 453. The molecular formula is C8H14N4O2S. The van der Waals surface area contributed by atoms with Gasteiger partial charge in [-0.2, -0.15) is 9.40 Å². The van der Waals surface area contributed by atoms with Gasteiger partial charge in [0.05, 0.1) is 11.4 Å². The van der Waals surface area contributed by atoms with E-state index in [2.05, 4.69) is 10.2 Å². The molecule has 1 fully saturated rings. The zero-order valence-electron chi connectivity index (χ0n) is 8.69. The standard InChI is InChI=1S/C8H14N4O2S/c1-5-8(6(2)11-10-5)15(13,14)12-3-7(9)4-12/h7H,3-4,9H2,1-2H3,(H,10,11).